The zero-order valence-electron chi connectivity index (χ0n) is 10.9. The number of nitrogens with zero attached hydrogens (tertiary/aromatic N) is 2. The van der Waals surface area contributed by atoms with Gasteiger partial charge in [-0.05, 0) is 31.2 Å². The molecule has 2 aromatic carbocycles. The molecule has 1 unspecified atom stereocenters. The summed E-state index contributed by atoms with van der Waals surface area (Å²) in [5.41, 5.74) is 0.942. The molecule has 0 aliphatic heterocycles. The number of alkyl halides is 1. The van der Waals surface area contributed by atoms with Crippen LogP contribution in [-0.2, 0) is 0 Å². The summed E-state index contributed by atoms with van der Waals surface area (Å²) in [5.74, 6) is -1.56. The Bertz CT molecular complexity index is 827. The Kier molecular flexibility index (Phi) is 3.37. The maximum Gasteiger partial charge on any atom is 0.150 e. The van der Waals surface area contributed by atoms with Crippen LogP contribution in [0.2, 0.25) is 0 Å². The van der Waals surface area contributed by atoms with Gasteiger partial charge in [0.15, 0.2) is 0 Å². The summed E-state index contributed by atoms with van der Waals surface area (Å²) in [7, 11) is 0. The van der Waals surface area contributed by atoms with Crippen molar-refractivity contribution in [3.05, 3.63) is 59.7 Å². The zero-order chi connectivity index (χ0) is 15.1. The Hall–Kier alpha value is -2.01. The van der Waals surface area contributed by atoms with Gasteiger partial charge in [-0.25, -0.2) is 18.2 Å². The molecule has 0 amide bonds. The number of imidazole rings is 1. The third kappa shape index (κ3) is 2.38. The first kappa shape index (κ1) is 13.9. The average molecular weight is 311 g/mol. The van der Waals surface area contributed by atoms with Crippen LogP contribution in [0, 0.1) is 17.5 Å². The number of fused-ring (bicyclic) bond motifs is 1. The van der Waals surface area contributed by atoms with Crippen molar-refractivity contribution in [2.45, 2.75) is 12.3 Å². The van der Waals surface area contributed by atoms with Crippen molar-refractivity contribution in [2.24, 2.45) is 0 Å². The van der Waals surface area contributed by atoms with Crippen molar-refractivity contribution in [3.8, 4) is 5.69 Å². The molecule has 0 bridgehead atoms. The van der Waals surface area contributed by atoms with E-state index in [4.69, 9.17) is 11.6 Å². The largest absolute Gasteiger partial charge is 0.292 e. The third-order valence-electron chi connectivity index (χ3n) is 3.15. The number of rotatable bonds is 2. The highest BCUT2D eigenvalue weighted by Gasteiger charge is 2.19. The van der Waals surface area contributed by atoms with Crippen LogP contribution in [0.15, 0.2) is 36.4 Å². The van der Waals surface area contributed by atoms with Gasteiger partial charge in [0.25, 0.3) is 0 Å². The quantitative estimate of drug-likeness (QED) is 0.625. The molecule has 0 saturated carbocycles. The number of hydrogen-bond donors (Lipinski definition) is 0. The Morgan fingerprint density at radius 1 is 1.05 bits per heavy atom. The van der Waals surface area contributed by atoms with Crippen LogP contribution in [0.4, 0.5) is 13.2 Å². The van der Waals surface area contributed by atoms with Crippen LogP contribution in [0.1, 0.15) is 18.1 Å². The van der Waals surface area contributed by atoms with E-state index in [-0.39, 0.29) is 5.69 Å². The number of benzene rings is 2. The van der Waals surface area contributed by atoms with Crippen molar-refractivity contribution in [1.29, 1.82) is 0 Å². The van der Waals surface area contributed by atoms with Crippen LogP contribution in [0.25, 0.3) is 16.7 Å². The van der Waals surface area contributed by atoms with Crippen LogP contribution < -0.4 is 0 Å². The minimum Gasteiger partial charge on any atom is -0.292 e. The number of aromatic nitrogens is 2. The Balaban J connectivity index is 2.38. The second kappa shape index (κ2) is 5.07. The predicted molar refractivity (Wildman–Crippen MR) is 75.2 cm³/mol. The Morgan fingerprint density at radius 2 is 1.71 bits per heavy atom. The molecule has 0 saturated heterocycles. The SMILES string of the molecule is CC(Cl)c1nc2ccc(F)cc2n1-c1ccc(F)cc1F. The molecule has 1 atom stereocenters. The topological polar surface area (TPSA) is 17.8 Å². The lowest BCUT2D eigenvalue weighted by molar-refractivity contribution is 0.577. The van der Waals surface area contributed by atoms with Gasteiger partial charge in [-0.2, -0.15) is 0 Å². The molecule has 1 heterocycles. The molecule has 108 valence electrons. The third-order valence-corrected chi connectivity index (χ3v) is 3.34. The highest BCUT2D eigenvalue weighted by atomic mass is 35.5. The first-order valence-corrected chi connectivity index (χ1v) is 6.68. The Morgan fingerprint density at radius 3 is 2.38 bits per heavy atom. The van der Waals surface area contributed by atoms with Crippen LogP contribution >= 0.6 is 11.6 Å². The maximum atomic E-state index is 14.1. The van der Waals surface area contributed by atoms with E-state index in [0.29, 0.717) is 16.9 Å². The summed E-state index contributed by atoms with van der Waals surface area (Å²) in [6.07, 6.45) is 0. The average Bonchev–Trinajstić information content (AvgIpc) is 2.77. The normalized spacial score (nSPS) is 12.8. The molecule has 1 aromatic heterocycles. The van der Waals surface area contributed by atoms with Gasteiger partial charge in [0.05, 0.1) is 22.1 Å². The van der Waals surface area contributed by atoms with E-state index in [1.54, 1.807) is 6.92 Å². The van der Waals surface area contributed by atoms with Gasteiger partial charge in [-0.3, -0.25) is 4.57 Å². The summed E-state index contributed by atoms with van der Waals surface area (Å²) in [6.45, 7) is 1.68. The summed E-state index contributed by atoms with van der Waals surface area (Å²) < 4.78 is 42.0. The van der Waals surface area contributed by atoms with Gasteiger partial charge >= 0.3 is 0 Å². The first-order chi connectivity index (χ1) is 9.97. The lowest BCUT2D eigenvalue weighted by Gasteiger charge is -2.11. The van der Waals surface area contributed by atoms with E-state index in [2.05, 4.69) is 4.98 Å². The van der Waals surface area contributed by atoms with E-state index >= 15 is 0 Å². The molecule has 3 rings (SSSR count). The number of halogens is 4. The second-order valence-electron chi connectivity index (χ2n) is 4.65. The molecule has 0 fully saturated rings. The van der Waals surface area contributed by atoms with Crippen LogP contribution in [0.3, 0.4) is 0 Å². The van der Waals surface area contributed by atoms with Crippen molar-refractivity contribution >= 4 is 22.6 Å². The molecule has 0 aliphatic rings. The van der Waals surface area contributed by atoms with Gasteiger partial charge < -0.3 is 0 Å². The monoisotopic (exact) mass is 310 g/mol. The fraction of sp³-hybridized carbons (Fsp3) is 0.133. The van der Waals surface area contributed by atoms with Gasteiger partial charge in [-0.15, -0.1) is 11.6 Å². The number of hydrogen-bond acceptors (Lipinski definition) is 1. The second-order valence-corrected chi connectivity index (χ2v) is 5.30. The van der Waals surface area contributed by atoms with Crippen molar-refractivity contribution in [1.82, 2.24) is 9.55 Å². The van der Waals surface area contributed by atoms with E-state index in [1.807, 2.05) is 0 Å². The maximum absolute atomic E-state index is 14.1. The van der Waals surface area contributed by atoms with Gasteiger partial charge in [0.1, 0.15) is 23.3 Å². The zero-order valence-corrected chi connectivity index (χ0v) is 11.7. The van der Waals surface area contributed by atoms with Gasteiger partial charge in [0.2, 0.25) is 0 Å². The van der Waals surface area contributed by atoms with Crippen LogP contribution in [0.5, 0.6) is 0 Å². The lowest BCUT2D eigenvalue weighted by atomic mass is 10.2. The fourth-order valence-electron chi connectivity index (χ4n) is 2.25. The molecule has 0 N–H and O–H groups in total. The molecule has 2 nitrogen and oxygen atoms in total. The van der Waals surface area contributed by atoms with Crippen molar-refractivity contribution in [2.75, 3.05) is 0 Å². The lowest BCUT2D eigenvalue weighted by Crippen LogP contribution is -2.04. The minimum absolute atomic E-state index is 0.0759. The fourth-order valence-corrected chi connectivity index (χ4v) is 2.40. The smallest absolute Gasteiger partial charge is 0.150 e. The summed E-state index contributed by atoms with van der Waals surface area (Å²) in [5, 5.41) is -0.523. The standard InChI is InChI=1S/C15H10ClF3N2/c1-8(16)15-20-12-4-2-10(18)7-14(12)21(15)13-5-3-9(17)6-11(13)19/h2-8H,1H3. The summed E-state index contributed by atoms with van der Waals surface area (Å²) in [4.78, 5) is 4.30. The van der Waals surface area contributed by atoms with E-state index in [0.717, 1.165) is 12.1 Å². The molecule has 0 aliphatic carbocycles. The Labute approximate surface area is 123 Å². The van der Waals surface area contributed by atoms with E-state index in [1.165, 1.54) is 28.8 Å². The minimum atomic E-state index is -0.767. The van der Waals surface area contributed by atoms with Crippen LogP contribution in [-0.4, -0.2) is 9.55 Å². The summed E-state index contributed by atoms with van der Waals surface area (Å²) >= 11 is 6.08. The van der Waals surface area contributed by atoms with E-state index in [9.17, 15) is 13.2 Å². The summed E-state index contributed by atoms with van der Waals surface area (Å²) in [6, 6.07) is 7.18. The molecule has 21 heavy (non-hydrogen) atoms. The van der Waals surface area contributed by atoms with E-state index < -0.39 is 22.8 Å². The van der Waals surface area contributed by atoms with Gasteiger partial charge in [0, 0.05) is 12.1 Å². The molecule has 0 radical (unpaired) electrons. The van der Waals surface area contributed by atoms with Crippen molar-refractivity contribution in [3.63, 3.8) is 0 Å². The highest BCUT2D eigenvalue weighted by molar-refractivity contribution is 6.20. The predicted octanol–water partition coefficient (Wildman–Crippen LogP) is 4.74. The highest BCUT2D eigenvalue weighted by Crippen LogP contribution is 2.29. The molecule has 3 aromatic rings. The van der Waals surface area contributed by atoms with Gasteiger partial charge in [-0.1, -0.05) is 0 Å². The molecule has 0 spiro atoms. The van der Waals surface area contributed by atoms with Crippen molar-refractivity contribution < 1.29 is 13.2 Å². The first-order valence-electron chi connectivity index (χ1n) is 6.25. The molecular weight excluding hydrogens is 301 g/mol. The molecule has 6 heteroatoms. The molecular formula is C15H10ClF3N2.